The molecule has 0 saturated carbocycles. The fourth-order valence-electron chi connectivity index (χ4n) is 1.40. The zero-order valence-corrected chi connectivity index (χ0v) is 13.0. The monoisotopic (exact) mass is 374 g/mol. The van der Waals surface area contributed by atoms with Crippen LogP contribution in [0.15, 0.2) is 22.7 Å². The lowest BCUT2D eigenvalue weighted by Gasteiger charge is -2.12. The van der Waals surface area contributed by atoms with Gasteiger partial charge in [0.05, 0.1) is 11.8 Å². The van der Waals surface area contributed by atoms with Gasteiger partial charge in [0.2, 0.25) is 10.0 Å². The Bertz CT molecular complexity index is 561. The molecule has 0 aliphatic rings. The number of hydrogen-bond acceptors (Lipinski definition) is 3. The second-order valence-corrected chi connectivity index (χ2v) is 6.83. The third-order valence-electron chi connectivity index (χ3n) is 2.33. The quantitative estimate of drug-likeness (QED) is 0.752. The molecule has 2 N–H and O–H groups in total. The van der Waals surface area contributed by atoms with Crippen LogP contribution in [0.25, 0.3) is 0 Å². The van der Waals surface area contributed by atoms with Crippen LogP contribution in [-0.2, 0) is 16.2 Å². The molecule has 0 aromatic heterocycles. The maximum absolute atomic E-state index is 12.5. The molecule has 0 unspecified atom stereocenters. The van der Waals surface area contributed by atoms with Crippen molar-refractivity contribution in [3.8, 4) is 0 Å². The first kappa shape index (κ1) is 17.3. The van der Waals surface area contributed by atoms with Crippen LogP contribution in [-0.4, -0.2) is 27.8 Å². The highest BCUT2D eigenvalue weighted by atomic mass is 79.9. The van der Waals surface area contributed by atoms with E-state index < -0.39 is 21.8 Å². The molecule has 0 fully saturated rings. The molecule has 20 heavy (non-hydrogen) atoms. The molecule has 4 nitrogen and oxygen atoms in total. The van der Waals surface area contributed by atoms with Gasteiger partial charge in [0.15, 0.2) is 0 Å². The molecule has 0 aliphatic carbocycles. The van der Waals surface area contributed by atoms with Crippen LogP contribution in [0, 0.1) is 0 Å². The Morgan fingerprint density at radius 3 is 2.40 bits per heavy atom. The lowest BCUT2D eigenvalue weighted by Crippen LogP contribution is -2.24. The van der Waals surface area contributed by atoms with Crippen molar-refractivity contribution in [2.45, 2.75) is 12.6 Å². The highest BCUT2D eigenvalue weighted by Crippen LogP contribution is 2.33. The third kappa shape index (κ3) is 6.10. The molecule has 0 heterocycles. The summed E-state index contributed by atoms with van der Waals surface area (Å²) < 4.78 is 61.6. The first-order valence-electron chi connectivity index (χ1n) is 5.65. The summed E-state index contributed by atoms with van der Waals surface area (Å²) in [6.45, 7) is 0.705. The fraction of sp³-hybridized carbons (Fsp3) is 0.455. The highest BCUT2D eigenvalue weighted by Gasteiger charge is 2.30. The lowest BCUT2D eigenvalue weighted by atomic mass is 10.2. The molecule has 1 aromatic rings. The molecule has 0 spiro atoms. The average molecular weight is 375 g/mol. The van der Waals surface area contributed by atoms with Gasteiger partial charge in [-0.3, -0.25) is 0 Å². The molecule has 0 saturated heterocycles. The minimum Gasteiger partial charge on any atom is -0.384 e. The van der Waals surface area contributed by atoms with Gasteiger partial charge in [0.25, 0.3) is 0 Å². The zero-order valence-electron chi connectivity index (χ0n) is 10.6. The van der Waals surface area contributed by atoms with Crippen molar-refractivity contribution in [3.05, 3.63) is 28.2 Å². The lowest BCUT2D eigenvalue weighted by molar-refractivity contribution is -0.137. The Balaban J connectivity index is 2.49. The van der Waals surface area contributed by atoms with E-state index >= 15 is 0 Å². The molecule has 9 heteroatoms. The Morgan fingerprint density at radius 1 is 1.25 bits per heavy atom. The predicted molar refractivity (Wildman–Crippen MR) is 75.1 cm³/mol. The standard InChI is InChI=1S/C11H14BrF3N2O2S/c1-20(18,19)17-6-2-5-16-10-4-3-8(7-9(10)12)11(13,14)15/h3-4,7,16-17H,2,5-6H2,1H3. The van der Waals surface area contributed by atoms with E-state index in [0.717, 1.165) is 18.4 Å². The average Bonchev–Trinajstić information content (AvgIpc) is 2.27. The number of sulfonamides is 1. The van der Waals surface area contributed by atoms with Gasteiger partial charge in [-0.15, -0.1) is 0 Å². The van der Waals surface area contributed by atoms with E-state index in [9.17, 15) is 21.6 Å². The summed E-state index contributed by atoms with van der Waals surface area (Å²) in [7, 11) is -3.21. The third-order valence-corrected chi connectivity index (χ3v) is 3.71. The van der Waals surface area contributed by atoms with Gasteiger partial charge in [-0.2, -0.15) is 13.2 Å². The minimum atomic E-state index is -4.37. The van der Waals surface area contributed by atoms with E-state index in [0.29, 0.717) is 23.1 Å². The van der Waals surface area contributed by atoms with E-state index in [2.05, 4.69) is 26.0 Å². The summed E-state index contributed by atoms with van der Waals surface area (Å²) in [6, 6.07) is 3.32. The highest BCUT2D eigenvalue weighted by molar-refractivity contribution is 9.10. The number of rotatable bonds is 6. The smallest absolute Gasteiger partial charge is 0.384 e. The number of benzene rings is 1. The summed E-state index contributed by atoms with van der Waals surface area (Å²) in [4.78, 5) is 0. The summed E-state index contributed by atoms with van der Waals surface area (Å²) in [5.41, 5.74) is -0.203. The number of alkyl halides is 3. The van der Waals surface area contributed by atoms with Crippen LogP contribution in [0.5, 0.6) is 0 Å². The van der Waals surface area contributed by atoms with Crippen molar-refractivity contribution in [3.63, 3.8) is 0 Å². The summed E-state index contributed by atoms with van der Waals surface area (Å²) >= 11 is 3.07. The SMILES string of the molecule is CS(=O)(=O)NCCCNc1ccc(C(F)(F)F)cc1Br. The van der Waals surface area contributed by atoms with E-state index in [-0.39, 0.29) is 6.54 Å². The molecule has 0 atom stereocenters. The summed E-state index contributed by atoms with van der Waals surface area (Å²) in [6.07, 6.45) is -2.80. The van der Waals surface area contributed by atoms with Crippen LogP contribution >= 0.6 is 15.9 Å². The Morgan fingerprint density at radius 2 is 1.90 bits per heavy atom. The molecular weight excluding hydrogens is 361 g/mol. The van der Waals surface area contributed by atoms with Crippen molar-refractivity contribution in [2.24, 2.45) is 0 Å². The first-order valence-corrected chi connectivity index (χ1v) is 8.33. The van der Waals surface area contributed by atoms with Gasteiger partial charge in [0.1, 0.15) is 0 Å². The topological polar surface area (TPSA) is 58.2 Å². The molecule has 0 amide bonds. The zero-order chi connectivity index (χ0) is 15.4. The number of hydrogen-bond donors (Lipinski definition) is 2. The molecule has 114 valence electrons. The number of anilines is 1. The van der Waals surface area contributed by atoms with E-state index in [1.807, 2.05) is 0 Å². The van der Waals surface area contributed by atoms with Gasteiger partial charge in [-0.1, -0.05) is 0 Å². The molecule has 0 aliphatic heterocycles. The fourth-order valence-corrected chi connectivity index (χ4v) is 2.44. The van der Waals surface area contributed by atoms with Crippen molar-refractivity contribution in [1.82, 2.24) is 4.72 Å². The van der Waals surface area contributed by atoms with Crippen molar-refractivity contribution < 1.29 is 21.6 Å². The van der Waals surface area contributed by atoms with Crippen molar-refractivity contribution >= 4 is 31.6 Å². The van der Waals surface area contributed by atoms with Gasteiger partial charge in [0, 0.05) is 23.2 Å². The Hall–Kier alpha value is -0.800. The van der Waals surface area contributed by atoms with Crippen molar-refractivity contribution in [1.29, 1.82) is 0 Å². The Labute approximate surface area is 123 Å². The van der Waals surface area contributed by atoms with Crippen LogP contribution in [0.1, 0.15) is 12.0 Å². The van der Waals surface area contributed by atoms with Crippen LogP contribution in [0.3, 0.4) is 0 Å². The van der Waals surface area contributed by atoms with E-state index in [1.54, 1.807) is 0 Å². The summed E-state index contributed by atoms with van der Waals surface area (Å²) in [5.74, 6) is 0. The maximum atomic E-state index is 12.5. The van der Waals surface area contributed by atoms with Gasteiger partial charge >= 0.3 is 6.18 Å². The molecule has 1 aromatic carbocycles. The van der Waals surface area contributed by atoms with Gasteiger partial charge in [-0.05, 0) is 40.5 Å². The van der Waals surface area contributed by atoms with Crippen LogP contribution in [0.4, 0.5) is 18.9 Å². The van der Waals surface area contributed by atoms with E-state index in [4.69, 9.17) is 0 Å². The Kier molecular flexibility index (Phi) is 5.84. The number of halogens is 4. The predicted octanol–water partition coefficient (Wildman–Crippen LogP) is 2.82. The van der Waals surface area contributed by atoms with Crippen LogP contribution in [0.2, 0.25) is 0 Å². The minimum absolute atomic E-state index is 0.268. The first-order chi connectivity index (χ1) is 9.09. The number of nitrogens with one attached hydrogen (secondary N) is 2. The molecule has 0 bridgehead atoms. The largest absolute Gasteiger partial charge is 0.416 e. The molecule has 0 radical (unpaired) electrons. The molecular formula is C11H14BrF3N2O2S. The van der Waals surface area contributed by atoms with Crippen molar-refractivity contribution in [2.75, 3.05) is 24.7 Å². The second kappa shape index (κ2) is 6.77. The second-order valence-electron chi connectivity index (χ2n) is 4.14. The van der Waals surface area contributed by atoms with Gasteiger partial charge in [-0.25, -0.2) is 13.1 Å². The summed E-state index contributed by atoms with van der Waals surface area (Å²) in [5, 5.41) is 2.93. The maximum Gasteiger partial charge on any atom is 0.416 e. The van der Waals surface area contributed by atoms with Gasteiger partial charge < -0.3 is 5.32 Å². The van der Waals surface area contributed by atoms with E-state index in [1.165, 1.54) is 6.07 Å². The van der Waals surface area contributed by atoms with Crippen LogP contribution < -0.4 is 10.0 Å². The normalized spacial score (nSPS) is 12.4. The molecule has 1 rings (SSSR count).